The molecule has 0 saturated carbocycles. The van der Waals surface area contributed by atoms with E-state index in [4.69, 9.17) is 5.14 Å². The molecule has 1 aliphatic rings. The van der Waals surface area contributed by atoms with Gasteiger partial charge in [0.25, 0.3) is 5.91 Å². The second-order valence-corrected chi connectivity index (χ2v) is 7.53. The quantitative estimate of drug-likeness (QED) is 0.900. The van der Waals surface area contributed by atoms with Gasteiger partial charge in [0.05, 0.1) is 10.5 Å². The minimum absolute atomic E-state index is 0.102. The molecule has 2 rings (SSSR count). The van der Waals surface area contributed by atoms with Crippen molar-refractivity contribution < 1.29 is 13.2 Å². The Morgan fingerprint density at radius 1 is 1.20 bits per heavy atom. The number of rotatable bonds is 2. The van der Waals surface area contributed by atoms with Crippen molar-refractivity contribution in [3.8, 4) is 0 Å². The van der Waals surface area contributed by atoms with Gasteiger partial charge in [0.1, 0.15) is 0 Å². The molecule has 1 aliphatic heterocycles. The highest BCUT2D eigenvalue weighted by atomic mass is 32.2. The number of amides is 1. The Bertz CT molecular complexity index is 613. The molecule has 0 radical (unpaired) electrons. The number of sulfonamides is 1. The van der Waals surface area contributed by atoms with Crippen molar-refractivity contribution >= 4 is 15.9 Å². The zero-order valence-electron chi connectivity index (χ0n) is 11.8. The standard InChI is InChI=1S/C14H20N2O3S/c1-14(2)7-9-16(10-8-14)13(17)11-5-3-4-6-12(11)20(15,18)19/h3-6H,7-10H2,1-2H3,(H2,15,18,19). The van der Waals surface area contributed by atoms with Crippen LogP contribution in [0.1, 0.15) is 37.0 Å². The number of hydrogen-bond donors (Lipinski definition) is 1. The Labute approximate surface area is 119 Å². The number of nitrogens with zero attached hydrogens (tertiary/aromatic N) is 1. The van der Waals surface area contributed by atoms with Crippen LogP contribution in [0.25, 0.3) is 0 Å². The van der Waals surface area contributed by atoms with E-state index in [-0.39, 0.29) is 21.8 Å². The van der Waals surface area contributed by atoms with E-state index in [1.807, 2.05) is 0 Å². The van der Waals surface area contributed by atoms with E-state index in [2.05, 4.69) is 13.8 Å². The predicted molar refractivity (Wildman–Crippen MR) is 76.7 cm³/mol. The van der Waals surface area contributed by atoms with E-state index in [9.17, 15) is 13.2 Å². The second kappa shape index (κ2) is 5.18. The van der Waals surface area contributed by atoms with Crippen molar-refractivity contribution in [3.63, 3.8) is 0 Å². The van der Waals surface area contributed by atoms with E-state index < -0.39 is 10.0 Å². The lowest BCUT2D eigenvalue weighted by Gasteiger charge is -2.37. The molecular formula is C14H20N2O3S. The Hall–Kier alpha value is -1.40. The number of likely N-dealkylation sites (tertiary alicyclic amines) is 1. The summed E-state index contributed by atoms with van der Waals surface area (Å²) >= 11 is 0. The van der Waals surface area contributed by atoms with Crippen LogP contribution in [0.5, 0.6) is 0 Å². The highest BCUT2D eigenvalue weighted by Crippen LogP contribution is 2.30. The molecule has 1 heterocycles. The van der Waals surface area contributed by atoms with Crippen LogP contribution in [0.3, 0.4) is 0 Å². The van der Waals surface area contributed by atoms with Crippen LogP contribution in [0.4, 0.5) is 0 Å². The van der Waals surface area contributed by atoms with Crippen molar-refractivity contribution in [1.29, 1.82) is 0 Å². The Morgan fingerprint density at radius 3 is 2.30 bits per heavy atom. The fourth-order valence-corrected chi connectivity index (χ4v) is 3.11. The molecule has 110 valence electrons. The average molecular weight is 296 g/mol. The molecule has 20 heavy (non-hydrogen) atoms. The fourth-order valence-electron chi connectivity index (χ4n) is 2.38. The monoisotopic (exact) mass is 296 g/mol. The van der Waals surface area contributed by atoms with Gasteiger partial charge in [-0.25, -0.2) is 13.6 Å². The van der Waals surface area contributed by atoms with Crippen LogP contribution < -0.4 is 5.14 Å². The predicted octanol–water partition coefficient (Wildman–Crippen LogP) is 1.60. The molecule has 6 heteroatoms. The van der Waals surface area contributed by atoms with E-state index in [1.165, 1.54) is 12.1 Å². The largest absolute Gasteiger partial charge is 0.339 e. The van der Waals surface area contributed by atoms with Crippen LogP contribution in [-0.4, -0.2) is 32.3 Å². The van der Waals surface area contributed by atoms with Crippen LogP contribution >= 0.6 is 0 Å². The Balaban J connectivity index is 2.27. The summed E-state index contributed by atoms with van der Waals surface area (Å²) in [4.78, 5) is 14.1. The van der Waals surface area contributed by atoms with Crippen LogP contribution in [-0.2, 0) is 10.0 Å². The van der Waals surface area contributed by atoms with Crippen molar-refractivity contribution in [3.05, 3.63) is 29.8 Å². The van der Waals surface area contributed by atoms with Crippen LogP contribution in [0.2, 0.25) is 0 Å². The number of hydrogen-bond acceptors (Lipinski definition) is 3. The van der Waals surface area contributed by atoms with Gasteiger partial charge in [-0.2, -0.15) is 0 Å². The lowest BCUT2D eigenvalue weighted by molar-refractivity contribution is 0.0626. The van der Waals surface area contributed by atoms with Gasteiger partial charge in [-0.1, -0.05) is 26.0 Å². The number of benzene rings is 1. The number of primary sulfonamides is 1. The van der Waals surface area contributed by atoms with Gasteiger partial charge in [-0.15, -0.1) is 0 Å². The summed E-state index contributed by atoms with van der Waals surface area (Å²) in [6.07, 6.45) is 1.83. The highest BCUT2D eigenvalue weighted by molar-refractivity contribution is 7.89. The minimum atomic E-state index is -3.89. The first-order valence-corrected chi connectivity index (χ1v) is 8.16. The number of piperidine rings is 1. The number of carbonyl (C=O) groups is 1. The molecule has 1 saturated heterocycles. The van der Waals surface area contributed by atoms with Gasteiger partial charge < -0.3 is 4.90 Å². The van der Waals surface area contributed by atoms with Gasteiger partial charge in [0, 0.05) is 13.1 Å². The van der Waals surface area contributed by atoms with Crippen molar-refractivity contribution in [2.24, 2.45) is 10.6 Å². The number of carbonyl (C=O) groups excluding carboxylic acids is 1. The molecule has 1 fully saturated rings. The third kappa shape index (κ3) is 3.19. The topological polar surface area (TPSA) is 80.5 Å². The van der Waals surface area contributed by atoms with E-state index in [1.54, 1.807) is 17.0 Å². The van der Waals surface area contributed by atoms with Gasteiger partial charge in [0.2, 0.25) is 10.0 Å². The SMILES string of the molecule is CC1(C)CCN(C(=O)c2ccccc2S(N)(=O)=O)CC1. The molecule has 1 aromatic carbocycles. The summed E-state index contributed by atoms with van der Waals surface area (Å²) in [5.41, 5.74) is 0.394. The van der Waals surface area contributed by atoms with E-state index in [0.717, 1.165) is 12.8 Å². The first kappa shape index (κ1) is 15.0. The molecule has 0 bridgehead atoms. The molecule has 0 spiro atoms. The first-order chi connectivity index (χ1) is 9.21. The highest BCUT2D eigenvalue weighted by Gasteiger charge is 2.30. The molecule has 2 N–H and O–H groups in total. The maximum absolute atomic E-state index is 12.5. The molecule has 1 aromatic rings. The summed E-state index contributed by atoms with van der Waals surface area (Å²) in [6.45, 7) is 5.63. The third-order valence-electron chi connectivity index (χ3n) is 3.83. The summed E-state index contributed by atoms with van der Waals surface area (Å²) in [7, 11) is -3.89. The lowest BCUT2D eigenvalue weighted by atomic mass is 9.82. The average Bonchev–Trinajstić information content (AvgIpc) is 2.37. The molecular weight excluding hydrogens is 276 g/mol. The van der Waals surface area contributed by atoms with Crippen molar-refractivity contribution in [2.45, 2.75) is 31.6 Å². The Morgan fingerprint density at radius 2 is 1.75 bits per heavy atom. The summed E-state index contributed by atoms with van der Waals surface area (Å²) in [5.74, 6) is -0.259. The fraction of sp³-hybridized carbons (Fsp3) is 0.500. The number of nitrogens with two attached hydrogens (primary N) is 1. The van der Waals surface area contributed by atoms with Gasteiger partial charge in [-0.3, -0.25) is 4.79 Å². The molecule has 5 nitrogen and oxygen atoms in total. The van der Waals surface area contributed by atoms with E-state index >= 15 is 0 Å². The Kier molecular flexibility index (Phi) is 3.88. The van der Waals surface area contributed by atoms with Crippen molar-refractivity contribution in [2.75, 3.05) is 13.1 Å². The molecule has 1 amide bonds. The summed E-state index contributed by atoms with van der Waals surface area (Å²) < 4.78 is 23.1. The van der Waals surface area contributed by atoms with Crippen LogP contribution in [0.15, 0.2) is 29.2 Å². The van der Waals surface area contributed by atoms with Crippen LogP contribution in [0, 0.1) is 5.41 Å². The smallest absolute Gasteiger partial charge is 0.255 e. The zero-order valence-corrected chi connectivity index (χ0v) is 12.6. The maximum Gasteiger partial charge on any atom is 0.255 e. The molecule has 0 atom stereocenters. The van der Waals surface area contributed by atoms with Gasteiger partial charge in [0.15, 0.2) is 0 Å². The van der Waals surface area contributed by atoms with Gasteiger partial charge in [-0.05, 0) is 30.4 Å². The summed E-state index contributed by atoms with van der Waals surface area (Å²) in [6, 6.07) is 6.10. The second-order valence-electron chi connectivity index (χ2n) is 6.00. The van der Waals surface area contributed by atoms with E-state index in [0.29, 0.717) is 13.1 Å². The summed E-state index contributed by atoms with van der Waals surface area (Å²) in [5, 5.41) is 5.17. The third-order valence-corrected chi connectivity index (χ3v) is 4.80. The van der Waals surface area contributed by atoms with Crippen molar-refractivity contribution in [1.82, 2.24) is 4.90 Å². The van der Waals surface area contributed by atoms with Gasteiger partial charge >= 0.3 is 0 Å². The zero-order chi connectivity index (χ0) is 15.0. The minimum Gasteiger partial charge on any atom is -0.339 e. The normalized spacial score (nSPS) is 18.9. The lowest BCUT2D eigenvalue weighted by Crippen LogP contribution is -2.41. The molecule has 0 aromatic heterocycles. The molecule has 0 unspecified atom stereocenters. The first-order valence-electron chi connectivity index (χ1n) is 6.62. The maximum atomic E-state index is 12.5. The molecule has 0 aliphatic carbocycles.